The fourth-order valence-corrected chi connectivity index (χ4v) is 3.73. The maximum absolute atomic E-state index is 13.6. The second-order valence-electron chi connectivity index (χ2n) is 7.47. The number of halogens is 1. The lowest BCUT2D eigenvalue weighted by atomic mass is 10.1. The van der Waals surface area contributed by atoms with Gasteiger partial charge in [-0.15, -0.1) is 0 Å². The highest BCUT2D eigenvalue weighted by molar-refractivity contribution is 5.78. The number of nitrogens with one attached hydrogen (secondary N) is 1. The first kappa shape index (κ1) is 20.4. The Morgan fingerprint density at radius 2 is 1.83 bits per heavy atom. The second kappa shape index (κ2) is 9.32. The SMILES string of the molecule is COc1ccc(F)cc1CN1CCN(CC(=O)NCc2ccc3c(c2)OCO3)CC1. The number of piperazine rings is 1. The molecular weight excluding hydrogens is 389 g/mol. The van der Waals surface area contributed by atoms with E-state index in [-0.39, 0.29) is 18.5 Å². The lowest BCUT2D eigenvalue weighted by Gasteiger charge is -2.34. The lowest BCUT2D eigenvalue weighted by Crippen LogP contribution is -2.49. The van der Waals surface area contributed by atoms with Gasteiger partial charge in [-0.25, -0.2) is 4.39 Å². The molecule has 1 amide bonds. The third-order valence-electron chi connectivity index (χ3n) is 5.40. The van der Waals surface area contributed by atoms with Gasteiger partial charge in [0, 0.05) is 44.8 Å². The van der Waals surface area contributed by atoms with E-state index in [0.717, 1.165) is 43.1 Å². The molecule has 0 bridgehead atoms. The van der Waals surface area contributed by atoms with Crippen molar-refractivity contribution in [2.24, 2.45) is 0 Å². The standard InChI is InChI=1S/C22H26FN3O4/c1-28-19-5-3-18(23)11-17(19)13-25-6-8-26(9-7-25)14-22(27)24-12-16-2-4-20-21(10-16)30-15-29-20/h2-5,10-11H,6-9,12-15H2,1H3,(H,24,27). The predicted molar refractivity (Wildman–Crippen MR) is 109 cm³/mol. The van der Waals surface area contributed by atoms with Gasteiger partial charge in [0.25, 0.3) is 0 Å². The number of amides is 1. The van der Waals surface area contributed by atoms with E-state index in [1.54, 1.807) is 13.2 Å². The number of methoxy groups -OCH3 is 1. The Balaban J connectivity index is 1.21. The molecule has 0 saturated carbocycles. The first-order valence-corrected chi connectivity index (χ1v) is 10.0. The maximum atomic E-state index is 13.6. The number of carbonyl (C=O) groups excluding carboxylic acids is 1. The summed E-state index contributed by atoms with van der Waals surface area (Å²) in [5, 5.41) is 2.96. The summed E-state index contributed by atoms with van der Waals surface area (Å²) in [6.07, 6.45) is 0. The Kier molecular flexibility index (Phi) is 6.35. The van der Waals surface area contributed by atoms with Crippen LogP contribution in [0.5, 0.6) is 17.2 Å². The van der Waals surface area contributed by atoms with E-state index in [4.69, 9.17) is 14.2 Å². The molecule has 2 aliphatic rings. The van der Waals surface area contributed by atoms with Crippen molar-refractivity contribution < 1.29 is 23.4 Å². The van der Waals surface area contributed by atoms with E-state index in [0.29, 0.717) is 31.1 Å². The molecule has 0 spiro atoms. The summed E-state index contributed by atoms with van der Waals surface area (Å²) in [5.41, 5.74) is 1.81. The second-order valence-corrected chi connectivity index (χ2v) is 7.47. The molecule has 0 aliphatic carbocycles. The number of ether oxygens (including phenoxy) is 3. The molecule has 2 aliphatic heterocycles. The van der Waals surface area contributed by atoms with Gasteiger partial charge in [0.15, 0.2) is 11.5 Å². The molecule has 2 heterocycles. The molecule has 8 heteroatoms. The van der Waals surface area contributed by atoms with Gasteiger partial charge >= 0.3 is 0 Å². The first-order valence-electron chi connectivity index (χ1n) is 10.0. The fourth-order valence-electron chi connectivity index (χ4n) is 3.73. The molecule has 1 saturated heterocycles. The highest BCUT2D eigenvalue weighted by atomic mass is 19.1. The van der Waals surface area contributed by atoms with E-state index in [9.17, 15) is 9.18 Å². The van der Waals surface area contributed by atoms with Crippen LogP contribution < -0.4 is 19.5 Å². The molecule has 160 valence electrons. The van der Waals surface area contributed by atoms with E-state index >= 15 is 0 Å². The Morgan fingerprint density at radius 1 is 1.07 bits per heavy atom. The van der Waals surface area contributed by atoms with Crippen molar-refractivity contribution in [2.45, 2.75) is 13.1 Å². The van der Waals surface area contributed by atoms with Crippen LogP contribution in [0.4, 0.5) is 4.39 Å². The van der Waals surface area contributed by atoms with Crippen LogP contribution in [0.1, 0.15) is 11.1 Å². The molecule has 4 rings (SSSR count). The van der Waals surface area contributed by atoms with Crippen LogP contribution >= 0.6 is 0 Å². The van der Waals surface area contributed by atoms with Crippen LogP contribution in [0, 0.1) is 5.82 Å². The number of hydrogen-bond acceptors (Lipinski definition) is 6. The lowest BCUT2D eigenvalue weighted by molar-refractivity contribution is -0.122. The van der Waals surface area contributed by atoms with Crippen LogP contribution in [0.3, 0.4) is 0 Å². The molecule has 0 aromatic heterocycles. The summed E-state index contributed by atoms with van der Waals surface area (Å²) in [6, 6.07) is 10.3. The minimum absolute atomic E-state index is 0.00656. The van der Waals surface area contributed by atoms with Crippen molar-refractivity contribution in [3.63, 3.8) is 0 Å². The minimum Gasteiger partial charge on any atom is -0.496 e. The summed E-state index contributed by atoms with van der Waals surface area (Å²) in [6.45, 7) is 4.89. The zero-order valence-corrected chi connectivity index (χ0v) is 17.0. The molecular formula is C22H26FN3O4. The van der Waals surface area contributed by atoms with Crippen LogP contribution in [0.25, 0.3) is 0 Å². The van der Waals surface area contributed by atoms with Gasteiger partial charge in [-0.05, 0) is 35.9 Å². The number of rotatable bonds is 7. The smallest absolute Gasteiger partial charge is 0.234 e. The van der Waals surface area contributed by atoms with Crippen LogP contribution in [-0.4, -0.2) is 62.3 Å². The van der Waals surface area contributed by atoms with Gasteiger partial charge < -0.3 is 19.5 Å². The van der Waals surface area contributed by atoms with Gasteiger partial charge in [-0.1, -0.05) is 6.07 Å². The van der Waals surface area contributed by atoms with Crippen LogP contribution in [-0.2, 0) is 17.9 Å². The van der Waals surface area contributed by atoms with E-state index in [1.807, 2.05) is 18.2 Å². The topological polar surface area (TPSA) is 63.3 Å². The number of benzene rings is 2. The first-order chi connectivity index (χ1) is 14.6. The average molecular weight is 415 g/mol. The van der Waals surface area contributed by atoms with Gasteiger partial charge in [-0.2, -0.15) is 0 Å². The monoisotopic (exact) mass is 415 g/mol. The third-order valence-corrected chi connectivity index (χ3v) is 5.40. The Bertz CT molecular complexity index is 900. The van der Waals surface area contributed by atoms with Crippen LogP contribution in [0.15, 0.2) is 36.4 Å². The molecule has 1 fully saturated rings. The van der Waals surface area contributed by atoms with Gasteiger partial charge in [0.05, 0.1) is 13.7 Å². The minimum atomic E-state index is -0.261. The quantitative estimate of drug-likeness (QED) is 0.746. The Labute approximate surface area is 175 Å². The number of fused-ring (bicyclic) bond motifs is 1. The highest BCUT2D eigenvalue weighted by Crippen LogP contribution is 2.32. The summed E-state index contributed by atoms with van der Waals surface area (Å²) >= 11 is 0. The van der Waals surface area contributed by atoms with Gasteiger partial charge in [-0.3, -0.25) is 14.6 Å². The largest absolute Gasteiger partial charge is 0.496 e. The molecule has 0 unspecified atom stereocenters. The van der Waals surface area contributed by atoms with E-state index < -0.39 is 0 Å². The molecule has 2 aromatic rings. The zero-order chi connectivity index (χ0) is 20.9. The van der Waals surface area contributed by atoms with Gasteiger partial charge in [0.1, 0.15) is 11.6 Å². The van der Waals surface area contributed by atoms with Crippen molar-refractivity contribution in [3.8, 4) is 17.2 Å². The van der Waals surface area contributed by atoms with Crippen molar-refractivity contribution >= 4 is 5.91 Å². The van der Waals surface area contributed by atoms with Crippen LogP contribution in [0.2, 0.25) is 0 Å². The molecule has 1 N–H and O–H groups in total. The summed E-state index contributed by atoms with van der Waals surface area (Å²) < 4.78 is 29.6. The van der Waals surface area contributed by atoms with Crippen molar-refractivity contribution in [3.05, 3.63) is 53.3 Å². The molecule has 30 heavy (non-hydrogen) atoms. The van der Waals surface area contributed by atoms with E-state index in [2.05, 4.69) is 15.1 Å². The zero-order valence-electron chi connectivity index (χ0n) is 17.0. The number of carbonyl (C=O) groups is 1. The highest BCUT2D eigenvalue weighted by Gasteiger charge is 2.20. The number of nitrogens with zero attached hydrogens (tertiary/aromatic N) is 2. The van der Waals surface area contributed by atoms with Crippen molar-refractivity contribution in [1.82, 2.24) is 15.1 Å². The normalized spacial score (nSPS) is 16.5. The Hall–Kier alpha value is -2.84. The maximum Gasteiger partial charge on any atom is 0.234 e. The number of hydrogen-bond donors (Lipinski definition) is 1. The van der Waals surface area contributed by atoms with Crippen molar-refractivity contribution in [1.29, 1.82) is 0 Å². The fraction of sp³-hybridized carbons (Fsp3) is 0.409. The van der Waals surface area contributed by atoms with Crippen molar-refractivity contribution in [2.75, 3.05) is 46.6 Å². The van der Waals surface area contributed by atoms with E-state index in [1.165, 1.54) is 12.1 Å². The molecule has 2 aromatic carbocycles. The van der Waals surface area contributed by atoms with Gasteiger partial charge in [0.2, 0.25) is 12.7 Å². The molecule has 0 atom stereocenters. The Morgan fingerprint density at radius 3 is 2.63 bits per heavy atom. The summed E-state index contributed by atoms with van der Waals surface area (Å²) in [7, 11) is 1.59. The third kappa shape index (κ3) is 5.01. The predicted octanol–water partition coefficient (Wildman–Crippen LogP) is 2.00. The molecule has 0 radical (unpaired) electrons. The summed E-state index contributed by atoms with van der Waals surface area (Å²) in [5.74, 6) is 1.88. The molecule has 7 nitrogen and oxygen atoms in total. The summed E-state index contributed by atoms with van der Waals surface area (Å²) in [4.78, 5) is 16.7. The average Bonchev–Trinajstić information content (AvgIpc) is 3.22.